The van der Waals surface area contributed by atoms with Gasteiger partial charge in [-0.1, -0.05) is 24.3 Å². The van der Waals surface area contributed by atoms with Crippen LogP contribution < -0.4 is 5.32 Å². The Bertz CT molecular complexity index is 480. The summed E-state index contributed by atoms with van der Waals surface area (Å²) in [6, 6.07) is 8.22. The number of nitrogens with one attached hydrogen (secondary N) is 1. The van der Waals surface area contributed by atoms with Gasteiger partial charge in [-0.2, -0.15) is 0 Å². The van der Waals surface area contributed by atoms with E-state index in [0.29, 0.717) is 6.54 Å². The van der Waals surface area contributed by atoms with Crippen LogP contribution in [0.15, 0.2) is 24.3 Å². The van der Waals surface area contributed by atoms with Crippen LogP contribution in [0.5, 0.6) is 0 Å². The molecule has 0 bridgehead atoms. The maximum absolute atomic E-state index is 12.4. The number of urea groups is 1. The van der Waals surface area contributed by atoms with Crippen molar-refractivity contribution in [2.45, 2.75) is 45.2 Å². The molecule has 1 aromatic carbocycles. The van der Waals surface area contributed by atoms with Gasteiger partial charge < -0.3 is 15.3 Å². The molecule has 1 aliphatic carbocycles. The van der Waals surface area contributed by atoms with Gasteiger partial charge in [0.05, 0.1) is 12.6 Å². The van der Waals surface area contributed by atoms with E-state index in [4.69, 9.17) is 0 Å². The van der Waals surface area contributed by atoms with Crippen LogP contribution in [-0.2, 0) is 6.42 Å². The molecule has 0 saturated heterocycles. The van der Waals surface area contributed by atoms with Gasteiger partial charge in [0, 0.05) is 12.1 Å². The second-order valence-corrected chi connectivity index (χ2v) is 6.35. The molecule has 0 heterocycles. The van der Waals surface area contributed by atoms with Crippen LogP contribution in [0.2, 0.25) is 0 Å². The van der Waals surface area contributed by atoms with Crippen molar-refractivity contribution < 1.29 is 9.90 Å². The van der Waals surface area contributed by atoms with Crippen molar-refractivity contribution >= 4 is 6.03 Å². The molecule has 0 fully saturated rings. The first-order chi connectivity index (χ1) is 9.42. The number of rotatable bonds is 3. The Morgan fingerprint density at radius 1 is 1.40 bits per heavy atom. The minimum Gasteiger partial charge on any atom is -0.395 e. The molecule has 1 unspecified atom stereocenters. The van der Waals surface area contributed by atoms with Crippen molar-refractivity contribution in [3.05, 3.63) is 35.4 Å². The summed E-state index contributed by atoms with van der Waals surface area (Å²) >= 11 is 0. The molecule has 1 aromatic rings. The molecule has 110 valence electrons. The zero-order chi connectivity index (χ0) is 14.8. The van der Waals surface area contributed by atoms with Crippen LogP contribution in [0.1, 0.15) is 44.4 Å². The van der Waals surface area contributed by atoms with Crippen LogP contribution in [0, 0.1) is 0 Å². The number of nitrogens with zero attached hydrogens (tertiary/aromatic N) is 1. The van der Waals surface area contributed by atoms with Crippen molar-refractivity contribution in [2.75, 3.05) is 13.2 Å². The van der Waals surface area contributed by atoms with E-state index in [1.807, 2.05) is 32.9 Å². The minimum atomic E-state index is -0.275. The molecule has 1 aliphatic rings. The highest BCUT2D eigenvalue weighted by molar-refractivity contribution is 5.75. The van der Waals surface area contributed by atoms with Gasteiger partial charge in [-0.15, -0.1) is 0 Å². The predicted octanol–water partition coefficient (Wildman–Crippen LogP) is 2.48. The Kier molecular flexibility index (Phi) is 4.33. The first kappa shape index (κ1) is 14.9. The summed E-state index contributed by atoms with van der Waals surface area (Å²) < 4.78 is 0. The number of hydrogen-bond acceptors (Lipinski definition) is 2. The van der Waals surface area contributed by atoms with Crippen LogP contribution >= 0.6 is 0 Å². The van der Waals surface area contributed by atoms with E-state index < -0.39 is 0 Å². The number of carbonyl (C=O) groups excluding carboxylic acids is 1. The lowest BCUT2D eigenvalue weighted by molar-refractivity contribution is 0.145. The lowest BCUT2D eigenvalue weighted by atomic mass is 10.1. The maximum Gasteiger partial charge on any atom is 0.318 e. The molecule has 4 nitrogen and oxygen atoms in total. The number of fused-ring (bicyclic) bond motifs is 1. The van der Waals surface area contributed by atoms with Gasteiger partial charge in [-0.05, 0) is 44.7 Å². The third-order valence-corrected chi connectivity index (χ3v) is 3.56. The van der Waals surface area contributed by atoms with E-state index >= 15 is 0 Å². The fraction of sp³-hybridized carbons (Fsp3) is 0.562. The van der Waals surface area contributed by atoms with E-state index in [1.165, 1.54) is 11.1 Å². The molecule has 0 spiro atoms. The molecule has 2 N–H and O–H groups in total. The summed E-state index contributed by atoms with van der Waals surface area (Å²) in [7, 11) is 0. The van der Waals surface area contributed by atoms with Crippen LogP contribution in [0.4, 0.5) is 4.79 Å². The van der Waals surface area contributed by atoms with Crippen molar-refractivity contribution in [3.63, 3.8) is 0 Å². The molecule has 2 rings (SSSR count). The number of aryl methyl sites for hydroxylation is 1. The molecule has 0 aliphatic heterocycles. The normalized spacial score (nSPS) is 17.7. The van der Waals surface area contributed by atoms with Gasteiger partial charge >= 0.3 is 6.03 Å². The fourth-order valence-electron chi connectivity index (χ4n) is 2.76. The van der Waals surface area contributed by atoms with E-state index in [-0.39, 0.29) is 24.2 Å². The topological polar surface area (TPSA) is 52.6 Å². The molecule has 4 heteroatoms. The zero-order valence-corrected chi connectivity index (χ0v) is 12.5. The molecule has 2 amide bonds. The number of carbonyl (C=O) groups is 1. The third kappa shape index (κ3) is 3.31. The molecular formula is C16H24N2O2. The van der Waals surface area contributed by atoms with Crippen LogP contribution in [-0.4, -0.2) is 34.7 Å². The largest absolute Gasteiger partial charge is 0.395 e. The quantitative estimate of drug-likeness (QED) is 0.891. The summed E-state index contributed by atoms with van der Waals surface area (Å²) in [6.07, 6.45) is 1.92. The van der Waals surface area contributed by atoms with E-state index in [2.05, 4.69) is 17.4 Å². The van der Waals surface area contributed by atoms with Crippen molar-refractivity contribution in [1.29, 1.82) is 0 Å². The molecule has 20 heavy (non-hydrogen) atoms. The monoisotopic (exact) mass is 276 g/mol. The lowest BCUT2D eigenvalue weighted by Gasteiger charge is -2.32. The SMILES string of the molecule is CC(C)(C)NC(=O)N(CCO)C1CCc2ccccc21. The van der Waals surface area contributed by atoms with Gasteiger partial charge in [-0.3, -0.25) is 0 Å². The second kappa shape index (κ2) is 5.83. The van der Waals surface area contributed by atoms with Gasteiger partial charge in [0.15, 0.2) is 0 Å². The van der Waals surface area contributed by atoms with Crippen LogP contribution in [0.3, 0.4) is 0 Å². The Balaban J connectivity index is 2.20. The predicted molar refractivity (Wildman–Crippen MR) is 79.6 cm³/mol. The molecular weight excluding hydrogens is 252 g/mol. The molecule has 1 atom stereocenters. The lowest BCUT2D eigenvalue weighted by Crippen LogP contribution is -2.50. The first-order valence-corrected chi connectivity index (χ1v) is 7.20. The number of amides is 2. The number of aliphatic hydroxyl groups is 1. The van der Waals surface area contributed by atoms with Gasteiger partial charge in [0.25, 0.3) is 0 Å². The number of aliphatic hydroxyl groups excluding tert-OH is 1. The zero-order valence-electron chi connectivity index (χ0n) is 12.5. The summed E-state index contributed by atoms with van der Waals surface area (Å²) in [5.41, 5.74) is 2.25. The minimum absolute atomic E-state index is 0.0176. The van der Waals surface area contributed by atoms with E-state index in [0.717, 1.165) is 12.8 Å². The Morgan fingerprint density at radius 2 is 2.10 bits per heavy atom. The highest BCUT2D eigenvalue weighted by Gasteiger charge is 2.31. The van der Waals surface area contributed by atoms with Gasteiger partial charge in [-0.25, -0.2) is 4.79 Å². The maximum atomic E-state index is 12.4. The Hall–Kier alpha value is -1.55. The standard InChI is InChI=1S/C16H24N2O2/c1-16(2,3)17-15(20)18(10-11-19)14-9-8-12-6-4-5-7-13(12)14/h4-7,14,19H,8-11H2,1-3H3,(H,17,20). The summed E-state index contributed by atoms with van der Waals surface area (Å²) in [4.78, 5) is 14.2. The van der Waals surface area contributed by atoms with Crippen LogP contribution in [0.25, 0.3) is 0 Å². The van der Waals surface area contributed by atoms with Crippen molar-refractivity contribution in [1.82, 2.24) is 10.2 Å². The average molecular weight is 276 g/mol. The van der Waals surface area contributed by atoms with Crippen molar-refractivity contribution in [3.8, 4) is 0 Å². The van der Waals surface area contributed by atoms with Crippen molar-refractivity contribution in [2.24, 2.45) is 0 Å². The second-order valence-electron chi connectivity index (χ2n) is 6.35. The van der Waals surface area contributed by atoms with Gasteiger partial charge in [0.1, 0.15) is 0 Å². The highest BCUT2D eigenvalue weighted by Crippen LogP contribution is 2.35. The average Bonchev–Trinajstić information content (AvgIpc) is 2.77. The van der Waals surface area contributed by atoms with Gasteiger partial charge in [0.2, 0.25) is 0 Å². The molecule has 0 saturated carbocycles. The number of hydrogen-bond donors (Lipinski definition) is 2. The number of benzene rings is 1. The molecule has 0 aromatic heterocycles. The smallest absolute Gasteiger partial charge is 0.318 e. The van der Waals surface area contributed by atoms with E-state index in [1.54, 1.807) is 4.90 Å². The first-order valence-electron chi connectivity index (χ1n) is 7.20. The third-order valence-electron chi connectivity index (χ3n) is 3.56. The Labute approximate surface area is 120 Å². The summed E-state index contributed by atoms with van der Waals surface area (Å²) in [5, 5.41) is 12.3. The highest BCUT2D eigenvalue weighted by atomic mass is 16.3. The molecule has 0 radical (unpaired) electrons. The summed E-state index contributed by atoms with van der Waals surface area (Å²) in [5.74, 6) is 0. The van der Waals surface area contributed by atoms with E-state index in [9.17, 15) is 9.90 Å². The summed E-state index contributed by atoms with van der Waals surface area (Å²) in [6.45, 7) is 6.23. The Morgan fingerprint density at radius 3 is 2.75 bits per heavy atom. The fourth-order valence-corrected chi connectivity index (χ4v) is 2.76.